The maximum atomic E-state index is 2.24. The van der Waals surface area contributed by atoms with Crippen LogP contribution < -0.4 is 0 Å². The Balaban J connectivity index is 3.11. The van der Waals surface area contributed by atoms with Crippen LogP contribution >= 0.6 is 0 Å². The summed E-state index contributed by atoms with van der Waals surface area (Å²) in [7, 11) is 0. The molecule has 0 aromatic rings. The van der Waals surface area contributed by atoms with E-state index in [1.54, 1.807) is 0 Å². The van der Waals surface area contributed by atoms with Crippen molar-refractivity contribution in [3.63, 3.8) is 0 Å². The van der Waals surface area contributed by atoms with Crippen molar-refractivity contribution in [1.29, 1.82) is 0 Å². The van der Waals surface area contributed by atoms with Gasteiger partial charge in [0.25, 0.3) is 0 Å². The Morgan fingerprint density at radius 3 is 2.70 bits per heavy atom. The van der Waals surface area contributed by atoms with Gasteiger partial charge in [-0.05, 0) is 0 Å². The summed E-state index contributed by atoms with van der Waals surface area (Å²) in [4.78, 5) is 2.23. The first kappa shape index (κ1) is 10.00. The second-order valence-corrected chi connectivity index (χ2v) is 3.69. The van der Waals surface area contributed by atoms with E-state index in [-0.39, 0.29) is 0 Å². The predicted molar refractivity (Wildman–Crippen MR) is 49.4 cm³/mol. The van der Waals surface area contributed by atoms with Crippen molar-refractivity contribution >= 4 is 15.0 Å². The third kappa shape index (κ3) is 8.00. The van der Waals surface area contributed by atoms with Crippen LogP contribution in [0.3, 0.4) is 0 Å². The van der Waals surface area contributed by atoms with Crippen LogP contribution in [0, 0.1) is 0 Å². The molecule has 0 aliphatic rings. The second-order valence-electron chi connectivity index (χ2n) is 2.13. The Morgan fingerprint density at radius 2 is 2.10 bits per heavy atom. The van der Waals surface area contributed by atoms with E-state index < -0.39 is 0 Å². The third-order valence-electron chi connectivity index (χ3n) is 1.19. The number of hydrogen-bond donors (Lipinski definition) is 0. The fourth-order valence-electron chi connectivity index (χ4n) is 0.621. The molecule has 0 amide bonds. The van der Waals surface area contributed by atoms with Gasteiger partial charge in [0.15, 0.2) is 0 Å². The van der Waals surface area contributed by atoms with Crippen LogP contribution in [0.15, 0.2) is 23.2 Å². The molecule has 0 N–H and O–H groups in total. The first-order chi connectivity index (χ1) is 4.91. The Labute approximate surface area is 70.6 Å². The van der Waals surface area contributed by atoms with E-state index in [4.69, 9.17) is 0 Å². The molecular weight excluding hydrogens is 187 g/mol. The molecule has 0 nitrogen and oxygen atoms in total. The molecule has 1 heteroatoms. The molecule has 0 spiro atoms. The number of rotatable bonds is 5. The Morgan fingerprint density at radius 1 is 1.30 bits per heavy atom. The van der Waals surface area contributed by atoms with E-state index in [2.05, 4.69) is 35.9 Å². The molecule has 0 aromatic heterocycles. The molecule has 0 heterocycles. The molecule has 0 aromatic carbocycles. The zero-order chi connectivity index (χ0) is 7.66. The number of unbranched alkanes of at least 4 members (excludes halogenated alkanes) is 2. The van der Waals surface area contributed by atoms with Gasteiger partial charge in [0.1, 0.15) is 0 Å². The molecule has 0 saturated carbocycles. The van der Waals surface area contributed by atoms with Crippen molar-refractivity contribution in [3.05, 3.63) is 23.2 Å². The molecule has 0 saturated heterocycles. The van der Waals surface area contributed by atoms with Crippen LogP contribution in [0.4, 0.5) is 0 Å². The second kappa shape index (κ2) is 9.00. The van der Waals surface area contributed by atoms with Crippen molar-refractivity contribution < 1.29 is 0 Å². The Kier molecular flexibility index (Phi) is 9.00. The zero-order valence-electron chi connectivity index (χ0n) is 6.84. The van der Waals surface area contributed by atoms with Gasteiger partial charge in [-0.25, -0.2) is 0 Å². The maximum absolute atomic E-state index is 2.24. The zero-order valence-corrected chi connectivity index (χ0v) is 8.55. The van der Waals surface area contributed by atoms with Gasteiger partial charge in [-0.15, -0.1) is 0 Å². The molecule has 0 fully saturated rings. The molecule has 0 aliphatic carbocycles. The van der Waals surface area contributed by atoms with Crippen molar-refractivity contribution in [1.82, 2.24) is 0 Å². The molecule has 10 heavy (non-hydrogen) atoms. The molecule has 0 radical (unpaired) electrons. The van der Waals surface area contributed by atoms with Gasteiger partial charge >= 0.3 is 70.2 Å². The van der Waals surface area contributed by atoms with Crippen LogP contribution in [0.25, 0.3) is 0 Å². The molecule has 0 unspecified atom stereocenters. The molecule has 0 atom stereocenters. The summed E-state index contributed by atoms with van der Waals surface area (Å²) in [6, 6.07) is 0. The molecular formula is C9H16Se. The minimum absolute atomic E-state index is 0.690. The van der Waals surface area contributed by atoms with Crippen molar-refractivity contribution in [3.8, 4) is 0 Å². The summed E-state index contributed by atoms with van der Waals surface area (Å²) in [5, 5.41) is 0. The molecule has 0 rings (SSSR count). The molecule has 58 valence electrons. The van der Waals surface area contributed by atoms with Gasteiger partial charge in [-0.1, -0.05) is 0 Å². The summed E-state index contributed by atoms with van der Waals surface area (Å²) in [5.41, 5.74) is 0. The van der Waals surface area contributed by atoms with E-state index in [1.807, 2.05) is 0 Å². The molecule has 0 bridgehead atoms. The summed E-state index contributed by atoms with van der Waals surface area (Å²) in [6.45, 7) is 2.22. The van der Waals surface area contributed by atoms with E-state index >= 15 is 0 Å². The fraction of sp³-hybridized carbons (Fsp3) is 0.556. The van der Waals surface area contributed by atoms with Crippen molar-refractivity contribution in [2.24, 2.45) is 0 Å². The van der Waals surface area contributed by atoms with E-state index in [1.165, 1.54) is 19.3 Å². The summed E-state index contributed by atoms with van der Waals surface area (Å²) in [6.07, 6.45) is 10.4. The standard InChI is InChI=1S/C9H16Se/c1-3-4-5-6-7-8-9-10-2/h6-9H,3-5H2,1-2H3/b7-6-,9-8+. The SMILES string of the molecule is CCCC/C=C\C=C\[Se]C. The van der Waals surface area contributed by atoms with Gasteiger partial charge in [-0.3, -0.25) is 0 Å². The van der Waals surface area contributed by atoms with E-state index in [0.717, 1.165) is 0 Å². The fourth-order valence-corrected chi connectivity index (χ4v) is 1.14. The first-order valence-electron chi connectivity index (χ1n) is 3.76. The van der Waals surface area contributed by atoms with Crippen molar-refractivity contribution in [2.45, 2.75) is 32.0 Å². The predicted octanol–water partition coefficient (Wildman–Crippen LogP) is 3.00. The quantitative estimate of drug-likeness (QED) is 0.366. The van der Waals surface area contributed by atoms with Crippen molar-refractivity contribution in [2.75, 3.05) is 0 Å². The van der Waals surface area contributed by atoms with Crippen LogP contribution in [-0.2, 0) is 0 Å². The van der Waals surface area contributed by atoms with Crippen LogP contribution in [-0.4, -0.2) is 15.0 Å². The summed E-state index contributed by atoms with van der Waals surface area (Å²) in [5.74, 6) is 2.21. The van der Waals surface area contributed by atoms with Crippen LogP contribution in [0.1, 0.15) is 26.2 Å². The minimum atomic E-state index is 0.690. The van der Waals surface area contributed by atoms with Gasteiger partial charge in [0.05, 0.1) is 0 Å². The normalized spacial score (nSPS) is 11.8. The van der Waals surface area contributed by atoms with Gasteiger partial charge in [0.2, 0.25) is 0 Å². The van der Waals surface area contributed by atoms with Gasteiger partial charge in [-0.2, -0.15) is 0 Å². The van der Waals surface area contributed by atoms with Gasteiger partial charge in [0, 0.05) is 0 Å². The average Bonchev–Trinajstić information content (AvgIpc) is 1.97. The third-order valence-corrected chi connectivity index (χ3v) is 2.09. The monoisotopic (exact) mass is 204 g/mol. The average molecular weight is 203 g/mol. The Bertz CT molecular complexity index is 103. The molecule has 0 aliphatic heterocycles. The van der Waals surface area contributed by atoms with E-state index in [0.29, 0.717) is 15.0 Å². The summed E-state index contributed by atoms with van der Waals surface area (Å²) >= 11 is 0.690. The van der Waals surface area contributed by atoms with E-state index in [9.17, 15) is 0 Å². The number of allylic oxidation sites excluding steroid dienone is 3. The summed E-state index contributed by atoms with van der Waals surface area (Å²) < 4.78 is 0. The topological polar surface area (TPSA) is 0 Å². The number of hydrogen-bond acceptors (Lipinski definition) is 0. The Hall–Kier alpha value is -0.000519. The van der Waals surface area contributed by atoms with Gasteiger partial charge < -0.3 is 0 Å². The van der Waals surface area contributed by atoms with Crippen LogP contribution in [0.5, 0.6) is 0 Å². The first-order valence-corrected chi connectivity index (χ1v) is 6.46. The van der Waals surface area contributed by atoms with Crippen LogP contribution in [0.2, 0.25) is 5.82 Å².